The molecule has 0 aromatic heterocycles. The molecule has 0 N–H and O–H groups in total. The van der Waals surface area contributed by atoms with E-state index in [0.29, 0.717) is 0 Å². The summed E-state index contributed by atoms with van der Waals surface area (Å²) in [5.74, 6) is 0.954. The number of unbranched alkanes of at least 4 members (excludes halogenated alkanes) is 11. The quantitative estimate of drug-likeness (QED) is 0.187. The third kappa shape index (κ3) is 17.8. The van der Waals surface area contributed by atoms with Gasteiger partial charge in [0.05, 0.1) is 0 Å². The van der Waals surface area contributed by atoms with Gasteiger partial charge in [-0.25, -0.2) is 0 Å². The number of rotatable bonds is 17. The van der Waals surface area contributed by atoms with E-state index in [4.69, 9.17) is 0 Å². The van der Waals surface area contributed by atoms with Gasteiger partial charge < -0.3 is 0 Å². The van der Waals surface area contributed by atoms with Gasteiger partial charge in [0, 0.05) is 0 Å². The van der Waals surface area contributed by atoms with Gasteiger partial charge in [-0.3, -0.25) is 0 Å². The first-order valence-corrected chi connectivity index (χ1v) is 10.5. The summed E-state index contributed by atoms with van der Waals surface area (Å²) in [6.07, 6.45) is 27.3. The SMILES string of the molecule is CCCCC/C=C\CCCCC[C@@H](C)CCCCCCCC. The third-order valence-electron chi connectivity index (χ3n) is 4.76. The fourth-order valence-corrected chi connectivity index (χ4v) is 3.10. The van der Waals surface area contributed by atoms with Crippen molar-refractivity contribution in [2.24, 2.45) is 5.92 Å². The van der Waals surface area contributed by atoms with Gasteiger partial charge in [-0.15, -0.1) is 0 Å². The Labute approximate surface area is 142 Å². The van der Waals surface area contributed by atoms with Crippen LogP contribution < -0.4 is 0 Å². The molecular formula is C22H44. The monoisotopic (exact) mass is 308 g/mol. The molecule has 0 amide bonds. The Balaban J connectivity index is 3.19. The van der Waals surface area contributed by atoms with E-state index >= 15 is 0 Å². The van der Waals surface area contributed by atoms with Crippen molar-refractivity contribution in [3.63, 3.8) is 0 Å². The molecule has 0 heteroatoms. The van der Waals surface area contributed by atoms with Crippen molar-refractivity contribution in [3.05, 3.63) is 12.2 Å². The van der Waals surface area contributed by atoms with Crippen LogP contribution in [0.3, 0.4) is 0 Å². The fourth-order valence-electron chi connectivity index (χ4n) is 3.10. The first kappa shape index (κ1) is 21.7. The zero-order valence-corrected chi connectivity index (χ0v) is 16.0. The summed E-state index contributed by atoms with van der Waals surface area (Å²) >= 11 is 0. The Morgan fingerprint density at radius 1 is 0.545 bits per heavy atom. The normalized spacial score (nSPS) is 13.0. The minimum atomic E-state index is 0.954. The Morgan fingerprint density at radius 2 is 0.955 bits per heavy atom. The van der Waals surface area contributed by atoms with Gasteiger partial charge >= 0.3 is 0 Å². The first-order valence-electron chi connectivity index (χ1n) is 10.5. The summed E-state index contributed by atoms with van der Waals surface area (Å²) in [6.45, 7) is 7.03. The van der Waals surface area contributed by atoms with Crippen LogP contribution in [0.2, 0.25) is 0 Å². The van der Waals surface area contributed by atoms with Gasteiger partial charge in [0.1, 0.15) is 0 Å². The van der Waals surface area contributed by atoms with Crippen molar-refractivity contribution < 1.29 is 0 Å². The summed E-state index contributed by atoms with van der Waals surface area (Å²) < 4.78 is 0. The minimum absolute atomic E-state index is 0.954. The third-order valence-corrected chi connectivity index (χ3v) is 4.76. The maximum Gasteiger partial charge on any atom is -0.0351 e. The predicted molar refractivity (Wildman–Crippen MR) is 104 cm³/mol. The molecule has 0 bridgehead atoms. The van der Waals surface area contributed by atoms with Crippen molar-refractivity contribution in [2.45, 2.75) is 124 Å². The van der Waals surface area contributed by atoms with Gasteiger partial charge in [-0.2, -0.15) is 0 Å². The van der Waals surface area contributed by atoms with Gasteiger partial charge in [0.2, 0.25) is 0 Å². The summed E-state index contributed by atoms with van der Waals surface area (Å²) in [6, 6.07) is 0. The molecule has 0 aromatic carbocycles. The highest BCUT2D eigenvalue weighted by Gasteiger charge is 2.01. The second-order valence-corrected chi connectivity index (χ2v) is 7.27. The summed E-state index contributed by atoms with van der Waals surface area (Å²) in [4.78, 5) is 0. The lowest BCUT2D eigenvalue weighted by Gasteiger charge is -2.10. The highest BCUT2D eigenvalue weighted by molar-refractivity contribution is 4.81. The minimum Gasteiger partial charge on any atom is -0.0885 e. The van der Waals surface area contributed by atoms with Crippen molar-refractivity contribution in [3.8, 4) is 0 Å². The van der Waals surface area contributed by atoms with E-state index in [-0.39, 0.29) is 0 Å². The van der Waals surface area contributed by atoms with Crippen LogP contribution in [-0.2, 0) is 0 Å². The Kier molecular flexibility index (Phi) is 18.6. The lowest BCUT2D eigenvalue weighted by Crippen LogP contribution is -1.95. The van der Waals surface area contributed by atoms with Crippen molar-refractivity contribution in [2.75, 3.05) is 0 Å². The summed E-state index contributed by atoms with van der Waals surface area (Å²) in [5.41, 5.74) is 0. The van der Waals surface area contributed by atoms with E-state index in [9.17, 15) is 0 Å². The molecule has 0 aliphatic rings. The van der Waals surface area contributed by atoms with Crippen LogP contribution in [0.4, 0.5) is 0 Å². The zero-order chi connectivity index (χ0) is 16.3. The Bertz CT molecular complexity index is 216. The predicted octanol–water partition coefficient (Wildman–Crippen LogP) is 8.46. The molecule has 0 radical (unpaired) electrons. The average Bonchev–Trinajstić information content (AvgIpc) is 2.52. The Morgan fingerprint density at radius 3 is 1.55 bits per heavy atom. The van der Waals surface area contributed by atoms with E-state index in [0.717, 1.165) is 5.92 Å². The van der Waals surface area contributed by atoms with Crippen LogP contribution in [0.5, 0.6) is 0 Å². The van der Waals surface area contributed by atoms with Crippen LogP contribution in [-0.4, -0.2) is 0 Å². The zero-order valence-electron chi connectivity index (χ0n) is 16.0. The van der Waals surface area contributed by atoms with Gasteiger partial charge in [0.15, 0.2) is 0 Å². The molecule has 0 unspecified atom stereocenters. The molecule has 0 saturated carbocycles. The van der Waals surface area contributed by atoms with E-state index < -0.39 is 0 Å². The number of hydrogen-bond donors (Lipinski definition) is 0. The summed E-state index contributed by atoms with van der Waals surface area (Å²) in [7, 11) is 0. The second kappa shape index (κ2) is 18.8. The van der Waals surface area contributed by atoms with E-state index in [1.165, 1.54) is 103 Å². The maximum atomic E-state index is 2.46. The molecule has 0 aliphatic carbocycles. The lowest BCUT2D eigenvalue weighted by molar-refractivity contribution is 0.435. The van der Waals surface area contributed by atoms with Crippen LogP contribution in [0, 0.1) is 5.92 Å². The van der Waals surface area contributed by atoms with E-state index in [2.05, 4.69) is 32.9 Å². The van der Waals surface area contributed by atoms with Gasteiger partial charge in [-0.05, 0) is 31.6 Å². The number of allylic oxidation sites excluding steroid dienone is 2. The molecule has 0 heterocycles. The molecule has 0 rings (SSSR count). The molecule has 0 spiro atoms. The topological polar surface area (TPSA) is 0 Å². The molecule has 0 nitrogen and oxygen atoms in total. The smallest absolute Gasteiger partial charge is 0.0351 e. The van der Waals surface area contributed by atoms with Crippen molar-refractivity contribution in [1.82, 2.24) is 0 Å². The van der Waals surface area contributed by atoms with Crippen molar-refractivity contribution >= 4 is 0 Å². The average molecular weight is 309 g/mol. The Hall–Kier alpha value is -0.260. The van der Waals surface area contributed by atoms with E-state index in [1.807, 2.05) is 0 Å². The van der Waals surface area contributed by atoms with Gasteiger partial charge in [0.25, 0.3) is 0 Å². The highest BCUT2D eigenvalue weighted by Crippen LogP contribution is 2.18. The molecule has 132 valence electrons. The summed E-state index contributed by atoms with van der Waals surface area (Å²) in [5, 5.41) is 0. The van der Waals surface area contributed by atoms with Crippen molar-refractivity contribution in [1.29, 1.82) is 0 Å². The molecule has 0 aromatic rings. The maximum absolute atomic E-state index is 2.46. The fraction of sp³-hybridized carbons (Fsp3) is 0.909. The highest BCUT2D eigenvalue weighted by atomic mass is 14.1. The number of hydrogen-bond acceptors (Lipinski definition) is 0. The van der Waals surface area contributed by atoms with Crippen LogP contribution >= 0.6 is 0 Å². The standard InChI is InChI=1S/C22H44/c1-4-6-8-10-12-13-14-15-17-19-21-22(3)20-18-16-11-9-7-5-2/h12-13,22H,4-11,14-21H2,1-3H3/b13-12-/t22-/m0/s1. The molecule has 0 fully saturated rings. The molecule has 0 aliphatic heterocycles. The van der Waals surface area contributed by atoms with Crippen LogP contribution in [0.1, 0.15) is 124 Å². The molecule has 0 saturated heterocycles. The first-order chi connectivity index (χ1) is 10.8. The van der Waals surface area contributed by atoms with Crippen LogP contribution in [0.25, 0.3) is 0 Å². The second-order valence-electron chi connectivity index (χ2n) is 7.27. The van der Waals surface area contributed by atoms with Gasteiger partial charge in [-0.1, -0.05) is 110 Å². The molecular weight excluding hydrogens is 264 g/mol. The lowest BCUT2D eigenvalue weighted by atomic mass is 9.96. The van der Waals surface area contributed by atoms with E-state index in [1.54, 1.807) is 0 Å². The molecule has 22 heavy (non-hydrogen) atoms. The largest absolute Gasteiger partial charge is 0.0885 e. The molecule has 1 atom stereocenters. The van der Waals surface area contributed by atoms with Crippen LogP contribution in [0.15, 0.2) is 12.2 Å².